The largest absolute Gasteiger partial charge is 0.396 e. The highest BCUT2D eigenvalue weighted by atomic mass is 16.3. The zero-order chi connectivity index (χ0) is 12.4. The third kappa shape index (κ3) is 2.49. The summed E-state index contributed by atoms with van der Waals surface area (Å²) in [5, 5.41) is 9.46. The van der Waals surface area contributed by atoms with Gasteiger partial charge in [-0.2, -0.15) is 0 Å². The standard InChI is InChI=1S/C16H17NO.CH4/c18-12-14-11-17(15-9-5-2-6-10-15)16(14)13-7-3-1-4-8-13;/h1-10,14,16,18H,11-12H2;1H4. The van der Waals surface area contributed by atoms with Gasteiger partial charge in [0.1, 0.15) is 0 Å². The zero-order valence-corrected chi connectivity index (χ0v) is 10.2. The molecule has 0 amide bonds. The van der Waals surface area contributed by atoms with E-state index in [4.69, 9.17) is 0 Å². The van der Waals surface area contributed by atoms with Crippen LogP contribution in [-0.2, 0) is 0 Å². The molecule has 1 N–H and O–H groups in total. The van der Waals surface area contributed by atoms with Gasteiger partial charge in [0.15, 0.2) is 0 Å². The lowest BCUT2D eigenvalue weighted by Crippen LogP contribution is -2.51. The number of anilines is 1. The predicted octanol–water partition coefficient (Wildman–Crippen LogP) is 3.49. The highest BCUT2D eigenvalue weighted by Gasteiger charge is 2.39. The first kappa shape index (κ1) is 13.6. The second-order valence-corrected chi connectivity index (χ2v) is 4.79. The van der Waals surface area contributed by atoms with Crippen LogP contribution in [0.4, 0.5) is 5.69 Å². The number of aliphatic hydroxyl groups excluding tert-OH is 1. The molecule has 2 heteroatoms. The van der Waals surface area contributed by atoms with Gasteiger partial charge in [-0.1, -0.05) is 56.0 Å². The van der Waals surface area contributed by atoms with Gasteiger partial charge >= 0.3 is 0 Å². The molecule has 2 nitrogen and oxygen atoms in total. The second-order valence-electron chi connectivity index (χ2n) is 4.79. The summed E-state index contributed by atoms with van der Waals surface area (Å²) in [6.45, 7) is 1.18. The van der Waals surface area contributed by atoms with Gasteiger partial charge in [0.25, 0.3) is 0 Å². The van der Waals surface area contributed by atoms with Crippen LogP contribution in [0.5, 0.6) is 0 Å². The van der Waals surface area contributed by atoms with E-state index in [1.807, 2.05) is 12.1 Å². The molecular formula is C17H21NO. The van der Waals surface area contributed by atoms with E-state index in [9.17, 15) is 5.11 Å². The number of para-hydroxylation sites is 1. The second kappa shape index (κ2) is 5.89. The van der Waals surface area contributed by atoms with E-state index < -0.39 is 0 Å². The van der Waals surface area contributed by atoms with Crippen molar-refractivity contribution < 1.29 is 5.11 Å². The minimum Gasteiger partial charge on any atom is -0.396 e. The molecule has 1 heterocycles. The van der Waals surface area contributed by atoms with E-state index in [1.165, 1.54) is 11.3 Å². The van der Waals surface area contributed by atoms with Gasteiger partial charge in [0.05, 0.1) is 6.04 Å². The molecule has 0 radical (unpaired) electrons. The maximum absolute atomic E-state index is 9.46. The minimum atomic E-state index is 0. The van der Waals surface area contributed by atoms with Gasteiger partial charge in [0.2, 0.25) is 0 Å². The van der Waals surface area contributed by atoms with Crippen LogP contribution in [0.1, 0.15) is 19.0 Å². The number of aliphatic hydroxyl groups is 1. The van der Waals surface area contributed by atoms with Gasteiger partial charge in [-0.05, 0) is 17.7 Å². The molecule has 0 saturated carbocycles. The normalized spacial score (nSPS) is 21.4. The van der Waals surface area contributed by atoms with Gasteiger partial charge in [-0.15, -0.1) is 0 Å². The molecule has 1 aliphatic rings. The van der Waals surface area contributed by atoms with Crippen molar-refractivity contribution in [2.24, 2.45) is 5.92 Å². The maximum Gasteiger partial charge on any atom is 0.0609 e. The molecule has 0 aromatic heterocycles. The van der Waals surface area contributed by atoms with Crippen LogP contribution in [-0.4, -0.2) is 18.3 Å². The van der Waals surface area contributed by atoms with E-state index in [0.717, 1.165) is 6.54 Å². The SMILES string of the molecule is C.OCC1CN(c2ccccc2)C1c1ccccc1. The van der Waals surface area contributed by atoms with Crippen molar-refractivity contribution in [3.63, 3.8) is 0 Å². The van der Waals surface area contributed by atoms with Crippen LogP contribution < -0.4 is 4.90 Å². The summed E-state index contributed by atoms with van der Waals surface area (Å²) in [7, 11) is 0. The number of hydrogen-bond donors (Lipinski definition) is 1. The summed E-state index contributed by atoms with van der Waals surface area (Å²) in [5.41, 5.74) is 2.52. The van der Waals surface area contributed by atoms with E-state index in [1.54, 1.807) is 0 Å². The average molecular weight is 255 g/mol. The van der Waals surface area contributed by atoms with Gasteiger partial charge < -0.3 is 10.0 Å². The van der Waals surface area contributed by atoms with Crippen LogP contribution in [0.15, 0.2) is 60.7 Å². The molecule has 2 aromatic carbocycles. The average Bonchev–Trinajstić information content (AvgIpc) is 2.41. The summed E-state index contributed by atoms with van der Waals surface area (Å²) in [5.74, 6) is 0.340. The van der Waals surface area contributed by atoms with Crippen LogP contribution in [0, 0.1) is 5.92 Å². The molecule has 2 atom stereocenters. The van der Waals surface area contributed by atoms with Crippen LogP contribution in [0.25, 0.3) is 0 Å². The highest BCUT2D eigenvalue weighted by molar-refractivity contribution is 5.52. The Hall–Kier alpha value is -1.80. The highest BCUT2D eigenvalue weighted by Crippen LogP contribution is 2.41. The van der Waals surface area contributed by atoms with Crippen molar-refractivity contribution in [1.29, 1.82) is 0 Å². The first-order chi connectivity index (χ1) is 8.90. The van der Waals surface area contributed by atoms with Gasteiger partial charge in [-0.25, -0.2) is 0 Å². The Morgan fingerprint density at radius 3 is 2.11 bits per heavy atom. The first-order valence-electron chi connectivity index (χ1n) is 6.37. The van der Waals surface area contributed by atoms with Crippen molar-refractivity contribution in [1.82, 2.24) is 0 Å². The van der Waals surface area contributed by atoms with Crippen molar-refractivity contribution >= 4 is 5.69 Å². The van der Waals surface area contributed by atoms with Gasteiger partial charge in [-0.3, -0.25) is 0 Å². The molecule has 0 bridgehead atoms. The lowest BCUT2D eigenvalue weighted by atomic mass is 9.83. The Balaban J connectivity index is 0.00000133. The fourth-order valence-electron chi connectivity index (χ4n) is 2.73. The quantitative estimate of drug-likeness (QED) is 0.907. The molecule has 0 aliphatic carbocycles. The summed E-state index contributed by atoms with van der Waals surface area (Å²) < 4.78 is 0. The minimum absolute atomic E-state index is 0. The summed E-state index contributed by atoms with van der Waals surface area (Å²) >= 11 is 0. The molecule has 2 unspecified atom stereocenters. The monoisotopic (exact) mass is 255 g/mol. The van der Waals surface area contributed by atoms with Crippen molar-refractivity contribution in [2.45, 2.75) is 13.5 Å². The Morgan fingerprint density at radius 2 is 1.53 bits per heavy atom. The molecule has 0 spiro atoms. The fraction of sp³-hybridized carbons (Fsp3) is 0.294. The third-order valence-corrected chi connectivity index (χ3v) is 3.68. The molecule has 3 rings (SSSR count). The summed E-state index contributed by atoms with van der Waals surface area (Å²) in [6.07, 6.45) is 0. The molecule has 2 aromatic rings. The van der Waals surface area contributed by atoms with E-state index in [-0.39, 0.29) is 14.0 Å². The molecule has 1 aliphatic heterocycles. The lowest BCUT2D eigenvalue weighted by Gasteiger charge is -2.49. The fourth-order valence-corrected chi connectivity index (χ4v) is 2.73. The van der Waals surface area contributed by atoms with Crippen molar-refractivity contribution in [3.05, 3.63) is 66.2 Å². The van der Waals surface area contributed by atoms with Crippen LogP contribution in [0.3, 0.4) is 0 Å². The summed E-state index contributed by atoms with van der Waals surface area (Å²) in [6, 6.07) is 21.1. The Labute approximate surface area is 115 Å². The first-order valence-corrected chi connectivity index (χ1v) is 6.37. The van der Waals surface area contributed by atoms with Crippen molar-refractivity contribution in [2.75, 3.05) is 18.1 Å². The van der Waals surface area contributed by atoms with E-state index in [2.05, 4.69) is 53.4 Å². The Kier molecular flexibility index (Phi) is 4.23. The van der Waals surface area contributed by atoms with Crippen LogP contribution in [0.2, 0.25) is 0 Å². The maximum atomic E-state index is 9.46. The smallest absolute Gasteiger partial charge is 0.0609 e. The Bertz CT molecular complexity index is 497. The number of hydrogen-bond acceptors (Lipinski definition) is 2. The lowest BCUT2D eigenvalue weighted by molar-refractivity contribution is 0.158. The molecule has 1 fully saturated rings. The molecule has 100 valence electrons. The molecule has 19 heavy (non-hydrogen) atoms. The van der Waals surface area contributed by atoms with E-state index >= 15 is 0 Å². The molecule has 1 saturated heterocycles. The molecular weight excluding hydrogens is 234 g/mol. The number of nitrogens with zero attached hydrogens (tertiary/aromatic N) is 1. The predicted molar refractivity (Wildman–Crippen MR) is 80.3 cm³/mol. The number of benzene rings is 2. The van der Waals surface area contributed by atoms with Crippen molar-refractivity contribution in [3.8, 4) is 0 Å². The third-order valence-electron chi connectivity index (χ3n) is 3.68. The number of rotatable bonds is 3. The van der Waals surface area contributed by atoms with Gasteiger partial charge in [0, 0.05) is 24.8 Å². The van der Waals surface area contributed by atoms with E-state index in [0.29, 0.717) is 12.0 Å². The zero-order valence-electron chi connectivity index (χ0n) is 10.2. The van der Waals surface area contributed by atoms with Crippen LogP contribution >= 0.6 is 0 Å². The Morgan fingerprint density at radius 1 is 0.947 bits per heavy atom. The summed E-state index contributed by atoms with van der Waals surface area (Å²) in [4.78, 5) is 2.36. The topological polar surface area (TPSA) is 23.5 Å².